The quantitative estimate of drug-likeness (QED) is 0.837. The Morgan fingerprint density at radius 1 is 1.24 bits per heavy atom. The number of rotatable bonds is 4. The van der Waals surface area contributed by atoms with E-state index < -0.39 is 0 Å². The van der Waals surface area contributed by atoms with Gasteiger partial charge in [-0.25, -0.2) is 0 Å². The lowest BCUT2D eigenvalue weighted by Gasteiger charge is -2.23. The van der Waals surface area contributed by atoms with E-state index in [4.69, 9.17) is 0 Å². The van der Waals surface area contributed by atoms with E-state index in [0.717, 1.165) is 19.6 Å². The number of benzene rings is 1. The Bertz CT molecular complexity index is 382. The normalized spacial score (nSPS) is 15.8. The van der Waals surface area contributed by atoms with Gasteiger partial charge in [0.05, 0.1) is 0 Å². The molecule has 0 spiro atoms. The lowest BCUT2D eigenvalue weighted by atomic mass is 10.1. The highest BCUT2D eigenvalue weighted by Crippen LogP contribution is 2.04. The predicted octanol–water partition coefficient (Wildman–Crippen LogP) is 2.49. The first kappa shape index (κ1) is 17.7. The summed E-state index contributed by atoms with van der Waals surface area (Å²) in [6.45, 7) is 9.24. The van der Waals surface area contributed by atoms with E-state index in [-0.39, 0.29) is 5.60 Å². The molecule has 2 N–H and O–H groups in total. The summed E-state index contributed by atoms with van der Waals surface area (Å²) in [5.41, 5.74) is 1.06. The smallest absolute Gasteiger partial charge is 0.293 e. The van der Waals surface area contributed by atoms with Crippen molar-refractivity contribution in [3.63, 3.8) is 0 Å². The molecule has 1 heterocycles. The Balaban J connectivity index is 0.000000270. The molecule has 118 valence electrons. The monoisotopic (exact) mass is 292 g/mol. The van der Waals surface area contributed by atoms with Crippen molar-refractivity contribution in [2.45, 2.75) is 51.8 Å². The summed E-state index contributed by atoms with van der Waals surface area (Å²) in [6.07, 6.45) is 2.51. The second kappa shape index (κ2) is 9.53. The second-order valence-electron chi connectivity index (χ2n) is 6.22. The second-order valence-corrected chi connectivity index (χ2v) is 6.22. The molecule has 0 amide bonds. The largest absolute Gasteiger partial charge is 0.462 e. The fourth-order valence-corrected chi connectivity index (χ4v) is 2.03. The molecule has 0 unspecified atom stereocenters. The number of hydrogen-bond donors (Lipinski definition) is 2. The van der Waals surface area contributed by atoms with Crippen molar-refractivity contribution in [1.29, 1.82) is 0 Å². The highest BCUT2D eigenvalue weighted by molar-refractivity contribution is 5.37. The van der Waals surface area contributed by atoms with Crippen LogP contribution in [0.25, 0.3) is 0 Å². The zero-order chi connectivity index (χ0) is 15.6. The molecular formula is C17H28N2O2. The Morgan fingerprint density at radius 3 is 2.33 bits per heavy atom. The van der Waals surface area contributed by atoms with Crippen LogP contribution in [0, 0.1) is 0 Å². The molecule has 21 heavy (non-hydrogen) atoms. The SMILES string of the molecule is CC(C)(C)OC=O.c1ccc(CNC2CCNCC2)cc1. The van der Waals surface area contributed by atoms with E-state index in [1.807, 2.05) is 20.8 Å². The minimum atomic E-state index is -0.318. The van der Waals surface area contributed by atoms with Crippen LogP contribution in [0.1, 0.15) is 39.2 Å². The minimum Gasteiger partial charge on any atom is -0.462 e. The lowest BCUT2D eigenvalue weighted by Crippen LogP contribution is -2.39. The first-order valence-corrected chi connectivity index (χ1v) is 7.61. The Kier molecular flexibility index (Phi) is 8.01. The van der Waals surface area contributed by atoms with Crippen molar-refractivity contribution in [2.24, 2.45) is 0 Å². The molecular weight excluding hydrogens is 264 g/mol. The summed E-state index contributed by atoms with van der Waals surface area (Å²) in [7, 11) is 0. The minimum absolute atomic E-state index is 0.318. The number of carbonyl (C=O) groups excluding carboxylic acids is 1. The van der Waals surface area contributed by atoms with Gasteiger partial charge < -0.3 is 15.4 Å². The lowest BCUT2D eigenvalue weighted by molar-refractivity contribution is -0.138. The van der Waals surface area contributed by atoms with Crippen LogP contribution in [0.2, 0.25) is 0 Å². The van der Waals surface area contributed by atoms with Gasteiger partial charge >= 0.3 is 0 Å². The molecule has 2 rings (SSSR count). The maximum atomic E-state index is 9.60. The molecule has 4 heteroatoms. The van der Waals surface area contributed by atoms with Gasteiger partial charge in [-0.3, -0.25) is 4.79 Å². The van der Waals surface area contributed by atoms with Crippen molar-refractivity contribution in [1.82, 2.24) is 10.6 Å². The summed E-state index contributed by atoms with van der Waals surface area (Å²) < 4.78 is 4.55. The molecule has 1 saturated heterocycles. The number of hydrogen-bond acceptors (Lipinski definition) is 4. The summed E-state index contributed by atoms with van der Waals surface area (Å²) >= 11 is 0. The van der Waals surface area contributed by atoms with Crippen LogP contribution < -0.4 is 10.6 Å². The zero-order valence-corrected chi connectivity index (χ0v) is 13.4. The van der Waals surface area contributed by atoms with Gasteiger partial charge in [-0.05, 0) is 52.3 Å². The van der Waals surface area contributed by atoms with Crippen molar-refractivity contribution in [3.05, 3.63) is 35.9 Å². The van der Waals surface area contributed by atoms with E-state index >= 15 is 0 Å². The van der Waals surface area contributed by atoms with Crippen LogP contribution in [0.5, 0.6) is 0 Å². The van der Waals surface area contributed by atoms with E-state index in [2.05, 4.69) is 45.7 Å². The Morgan fingerprint density at radius 2 is 1.86 bits per heavy atom. The third kappa shape index (κ3) is 9.21. The number of piperidine rings is 1. The maximum Gasteiger partial charge on any atom is 0.293 e. The highest BCUT2D eigenvalue weighted by atomic mass is 16.5. The van der Waals surface area contributed by atoms with Crippen LogP contribution in [-0.2, 0) is 16.1 Å². The molecule has 0 radical (unpaired) electrons. The fourth-order valence-electron chi connectivity index (χ4n) is 2.03. The maximum absolute atomic E-state index is 9.60. The van der Waals surface area contributed by atoms with Crippen molar-refractivity contribution >= 4 is 6.47 Å². The zero-order valence-electron chi connectivity index (χ0n) is 13.4. The molecule has 1 aromatic rings. The molecule has 0 aliphatic carbocycles. The predicted molar refractivity (Wildman–Crippen MR) is 86.1 cm³/mol. The molecule has 0 saturated carbocycles. The van der Waals surface area contributed by atoms with Crippen molar-refractivity contribution in [3.8, 4) is 0 Å². The topological polar surface area (TPSA) is 50.4 Å². The fraction of sp³-hybridized carbons (Fsp3) is 0.588. The number of nitrogens with one attached hydrogen (secondary N) is 2. The molecule has 1 aliphatic rings. The van der Waals surface area contributed by atoms with Gasteiger partial charge in [0.1, 0.15) is 5.60 Å². The summed E-state index contributed by atoms with van der Waals surface area (Å²) in [6, 6.07) is 11.3. The molecule has 4 nitrogen and oxygen atoms in total. The van der Waals surface area contributed by atoms with Crippen molar-refractivity contribution < 1.29 is 9.53 Å². The third-order valence-electron chi connectivity index (χ3n) is 3.18. The van der Waals surface area contributed by atoms with Gasteiger partial charge in [0.15, 0.2) is 0 Å². The van der Waals surface area contributed by atoms with Gasteiger partial charge in [-0.2, -0.15) is 0 Å². The summed E-state index contributed by atoms with van der Waals surface area (Å²) in [5.74, 6) is 0. The van der Waals surface area contributed by atoms with Gasteiger partial charge in [0.2, 0.25) is 0 Å². The van der Waals surface area contributed by atoms with Crippen LogP contribution >= 0.6 is 0 Å². The van der Waals surface area contributed by atoms with E-state index in [1.165, 1.54) is 18.4 Å². The van der Waals surface area contributed by atoms with Crippen LogP contribution in [0.15, 0.2) is 30.3 Å². The standard InChI is InChI=1S/C12H18N2.C5H10O2/c1-2-4-11(5-3-1)10-14-12-6-8-13-9-7-12;1-5(2,3)7-4-6/h1-5,12-14H,6-10H2;4H,1-3H3. The van der Waals surface area contributed by atoms with E-state index in [1.54, 1.807) is 0 Å². The molecule has 0 aromatic heterocycles. The number of ether oxygens (including phenoxy) is 1. The van der Waals surface area contributed by atoms with Crippen LogP contribution in [-0.4, -0.2) is 31.2 Å². The molecule has 0 atom stereocenters. The van der Waals surface area contributed by atoms with Gasteiger partial charge in [-0.1, -0.05) is 30.3 Å². The molecule has 1 fully saturated rings. The summed E-state index contributed by atoms with van der Waals surface area (Å²) in [5, 5.41) is 6.97. The summed E-state index contributed by atoms with van der Waals surface area (Å²) in [4.78, 5) is 9.60. The molecule has 1 aromatic carbocycles. The first-order valence-electron chi connectivity index (χ1n) is 7.61. The van der Waals surface area contributed by atoms with Gasteiger partial charge in [-0.15, -0.1) is 0 Å². The molecule has 0 bridgehead atoms. The van der Waals surface area contributed by atoms with Crippen LogP contribution in [0.4, 0.5) is 0 Å². The third-order valence-corrected chi connectivity index (χ3v) is 3.18. The van der Waals surface area contributed by atoms with Crippen molar-refractivity contribution in [2.75, 3.05) is 13.1 Å². The number of carbonyl (C=O) groups is 1. The first-order chi connectivity index (χ1) is 10.0. The Labute approximate surface area is 128 Å². The Hall–Kier alpha value is -1.39. The molecule has 1 aliphatic heterocycles. The van der Waals surface area contributed by atoms with Gasteiger partial charge in [0.25, 0.3) is 6.47 Å². The average Bonchev–Trinajstić information content (AvgIpc) is 2.47. The van der Waals surface area contributed by atoms with Gasteiger partial charge in [0, 0.05) is 12.6 Å². The average molecular weight is 292 g/mol. The van der Waals surface area contributed by atoms with E-state index in [0.29, 0.717) is 12.5 Å². The van der Waals surface area contributed by atoms with Crippen LogP contribution in [0.3, 0.4) is 0 Å². The van der Waals surface area contributed by atoms with E-state index in [9.17, 15) is 4.79 Å². The highest BCUT2D eigenvalue weighted by Gasteiger charge is 2.11.